The van der Waals surface area contributed by atoms with Gasteiger partial charge in [-0.25, -0.2) is 9.78 Å². The Morgan fingerprint density at radius 1 is 0.957 bits per heavy atom. The van der Waals surface area contributed by atoms with E-state index < -0.39 is 5.97 Å². The molecule has 0 aliphatic heterocycles. The highest BCUT2D eigenvalue weighted by Crippen LogP contribution is 2.30. The molecule has 2 aromatic carbocycles. The van der Waals surface area contributed by atoms with Crippen LogP contribution in [0.5, 0.6) is 0 Å². The van der Waals surface area contributed by atoms with E-state index in [1.54, 1.807) is 12.1 Å². The fraction of sp³-hybridized carbons (Fsp3) is 0.0526. The summed E-state index contributed by atoms with van der Waals surface area (Å²) >= 11 is 6.27. The summed E-state index contributed by atoms with van der Waals surface area (Å²) in [5, 5.41) is 0.695. The average molecular weight is 324 g/mol. The van der Waals surface area contributed by atoms with Crippen molar-refractivity contribution in [1.82, 2.24) is 4.98 Å². The van der Waals surface area contributed by atoms with Gasteiger partial charge in [0.05, 0.1) is 12.8 Å². The van der Waals surface area contributed by atoms with E-state index in [4.69, 9.17) is 16.3 Å². The zero-order valence-electron chi connectivity index (χ0n) is 12.5. The van der Waals surface area contributed by atoms with Crippen LogP contribution in [0.15, 0.2) is 66.7 Å². The first kappa shape index (κ1) is 15.3. The molecule has 0 radical (unpaired) electrons. The lowest BCUT2D eigenvalue weighted by atomic mass is 10.0. The maximum atomic E-state index is 11.6. The van der Waals surface area contributed by atoms with Gasteiger partial charge in [-0.3, -0.25) is 0 Å². The molecule has 0 N–H and O–H groups in total. The lowest BCUT2D eigenvalue weighted by molar-refractivity contribution is 0.0594. The van der Waals surface area contributed by atoms with Gasteiger partial charge in [-0.05, 0) is 29.8 Å². The number of hydrogen-bond acceptors (Lipinski definition) is 3. The summed E-state index contributed by atoms with van der Waals surface area (Å²) in [6.45, 7) is 0. The zero-order valence-corrected chi connectivity index (χ0v) is 13.2. The van der Waals surface area contributed by atoms with Crippen LogP contribution in [0.25, 0.3) is 22.4 Å². The SMILES string of the molecule is COC(=O)c1cccc(-c2cccc(-c3ccccc3Cl)c2)n1. The van der Waals surface area contributed by atoms with Crippen LogP contribution < -0.4 is 0 Å². The number of ether oxygens (including phenoxy) is 1. The first-order chi connectivity index (χ1) is 11.2. The van der Waals surface area contributed by atoms with Crippen molar-refractivity contribution >= 4 is 17.6 Å². The minimum atomic E-state index is -0.450. The molecule has 3 aromatic rings. The highest BCUT2D eigenvalue weighted by molar-refractivity contribution is 6.33. The van der Waals surface area contributed by atoms with E-state index in [1.807, 2.05) is 54.6 Å². The van der Waals surface area contributed by atoms with Crippen LogP contribution >= 0.6 is 11.6 Å². The molecule has 114 valence electrons. The van der Waals surface area contributed by atoms with Crippen molar-refractivity contribution in [3.8, 4) is 22.4 Å². The molecule has 0 amide bonds. The molecule has 0 aliphatic carbocycles. The van der Waals surface area contributed by atoms with E-state index in [2.05, 4.69) is 4.98 Å². The summed E-state index contributed by atoms with van der Waals surface area (Å²) in [4.78, 5) is 16.0. The Bertz CT molecular complexity index is 861. The second kappa shape index (κ2) is 6.63. The topological polar surface area (TPSA) is 39.2 Å². The lowest BCUT2D eigenvalue weighted by Crippen LogP contribution is -2.04. The third-order valence-electron chi connectivity index (χ3n) is 3.49. The molecular weight excluding hydrogens is 310 g/mol. The summed E-state index contributed by atoms with van der Waals surface area (Å²) in [6, 6.07) is 20.9. The third-order valence-corrected chi connectivity index (χ3v) is 3.82. The van der Waals surface area contributed by atoms with E-state index in [-0.39, 0.29) is 5.69 Å². The molecular formula is C19H14ClNO2. The number of esters is 1. The van der Waals surface area contributed by atoms with Gasteiger partial charge in [0.2, 0.25) is 0 Å². The molecule has 1 heterocycles. The van der Waals surface area contributed by atoms with Crippen molar-refractivity contribution in [3.63, 3.8) is 0 Å². The average Bonchev–Trinajstić information content (AvgIpc) is 2.61. The van der Waals surface area contributed by atoms with E-state index >= 15 is 0 Å². The van der Waals surface area contributed by atoms with Gasteiger partial charge in [-0.1, -0.05) is 54.1 Å². The van der Waals surface area contributed by atoms with Gasteiger partial charge < -0.3 is 4.74 Å². The minimum Gasteiger partial charge on any atom is -0.464 e. The van der Waals surface area contributed by atoms with Crippen LogP contribution in [0.3, 0.4) is 0 Å². The molecule has 0 unspecified atom stereocenters. The molecule has 4 heteroatoms. The maximum absolute atomic E-state index is 11.6. The first-order valence-electron chi connectivity index (χ1n) is 7.10. The van der Waals surface area contributed by atoms with E-state index in [9.17, 15) is 4.79 Å². The van der Waals surface area contributed by atoms with Gasteiger partial charge in [-0.2, -0.15) is 0 Å². The number of methoxy groups -OCH3 is 1. The first-order valence-corrected chi connectivity index (χ1v) is 7.47. The predicted octanol–water partition coefficient (Wildman–Crippen LogP) is 4.86. The van der Waals surface area contributed by atoms with Crippen LogP contribution in [0.4, 0.5) is 0 Å². The van der Waals surface area contributed by atoms with E-state index in [1.165, 1.54) is 7.11 Å². The van der Waals surface area contributed by atoms with Gasteiger partial charge in [0.25, 0.3) is 0 Å². The van der Waals surface area contributed by atoms with Crippen LogP contribution in [-0.4, -0.2) is 18.1 Å². The highest BCUT2D eigenvalue weighted by Gasteiger charge is 2.10. The van der Waals surface area contributed by atoms with Crippen LogP contribution in [-0.2, 0) is 4.74 Å². The Balaban J connectivity index is 2.04. The molecule has 0 bridgehead atoms. The predicted molar refractivity (Wildman–Crippen MR) is 91.5 cm³/mol. The molecule has 0 fully saturated rings. The summed E-state index contributed by atoms with van der Waals surface area (Å²) in [5.41, 5.74) is 3.86. The largest absolute Gasteiger partial charge is 0.464 e. The quantitative estimate of drug-likeness (QED) is 0.646. The number of halogens is 1. The van der Waals surface area contributed by atoms with Gasteiger partial charge in [-0.15, -0.1) is 0 Å². The van der Waals surface area contributed by atoms with Crippen molar-refractivity contribution < 1.29 is 9.53 Å². The van der Waals surface area contributed by atoms with Crippen LogP contribution in [0, 0.1) is 0 Å². The third kappa shape index (κ3) is 3.25. The number of aromatic nitrogens is 1. The second-order valence-electron chi connectivity index (χ2n) is 4.96. The number of rotatable bonds is 3. The number of benzene rings is 2. The molecule has 0 aliphatic rings. The number of carbonyl (C=O) groups is 1. The van der Waals surface area contributed by atoms with Crippen LogP contribution in [0.1, 0.15) is 10.5 Å². The molecule has 1 aromatic heterocycles. The summed E-state index contributed by atoms with van der Waals surface area (Å²) in [7, 11) is 1.34. The van der Waals surface area contributed by atoms with Crippen molar-refractivity contribution in [2.45, 2.75) is 0 Å². The summed E-state index contributed by atoms with van der Waals surface area (Å²) in [6.07, 6.45) is 0. The summed E-state index contributed by atoms with van der Waals surface area (Å²) in [5.74, 6) is -0.450. The van der Waals surface area contributed by atoms with Crippen molar-refractivity contribution in [1.29, 1.82) is 0 Å². The number of carbonyl (C=O) groups excluding carboxylic acids is 1. The second-order valence-corrected chi connectivity index (χ2v) is 5.37. The number of hydrogen-bond donors (Lipinski definition) is 0. The minimum absolute atomic E-state index is 0.285. The molecule has 0 saturated heterocycles. The molecule has 0 saturated carbocycles. The smallest absolute Gasteiger partial charge is 0.356 e. The molecule has 0 atom stereocenters. The summed E-state index contributed by atoms with van der Waals surface area (Å²) < 4.78 is 4.72. The van der Waals surface area contributed by atoms with E-state index in [0.29, 0.717) is 10.7 Å². The molecule has 0 spiro atoms. The lowest BCUT2D eigenvalue weighted by Gasteiger charge is -2.08. The normalized spacial score (nSPS) is 10.3. The molecule has 3 nitrogen and oxygen atoms in total. The zero-order chi connectivity index (χ0) is 16.2. The Labute approximate surface area is 139 Å². The van der Waals surface area contributed by atoms with Gasteiger partial charge in [0.1, 0.15) is 5.69 Å². The molecule has 3 rings (SSSR count). The highest BCUT2D eigenvalue weighted by atomic mass is 35.5. The Morgan fingerprint density at radius 2 is 1.70 bits per heavy atom. The fourth-order valence-corrected chi connectivity index (χ4v) is 2.60. The number of nitrogens with zero attached hydrogens (tertiary/aromatic N) is 1. The Morgan fingerprint density at radius 3 is 2.48 bits per heavy atom. The Hall–Kier alpha value is -2.65. The maximum Gasteiger partial charge on any atom is 0.356 e. The van der Waals surface area contributed by atoms with Crippen molar-refractivity contribution in [2.24, 2.45) is 0 Å². The number of pyridine rings is 1. The Kier molecular flexibility index (Phi) is 4.40. The van der Waals surface area contributed by atoms with E-state index in [0.717, 1.165) is 16.7 Å². The fourth-order valence-electron chi connectivity index (χ4n) is 2.36. The standard InChI is InChI=1S/C19H14ClNO2/c1-23-19(22)18-11-5-10-17(21-18)14-7-4-6-13(12-14)15-8-2-3-9-16(15)20/h2-12H,1H3. The monoisotopic (exact) mass is 323 g/mol. The van der Waals surface area contributed by atoms with Gasteiger partial charge in [0.15, 0.2) is 0 Å². The van der Waals surface area contributed by atoms with Crippen molar-refractivity contribution in [3.05, 3.63) is 77.4 Å². The molecule has 23 heavy (non-hydrogen) atoms. The van der Waals surface area contributed by atoms with Crippen LogP contribution in [0.2, 0.25) is 5.02 Å². The van der Waals surface area contributed by atoms with Crippen molar-refractivity contribution in [2.75, 3.05) is 7.11 Å². The van der Waals surface area contributed by atoms with Gasteiger partial charge in [0, 0.05) is 16.1 Å². The van der Waals surface area contributed by atoms with Gasteiger partial charge >= 0.3 is 5.97 Å².